The van der Waals surface area contributed by atoms with E-state index in [4.69, 9.17) is 24.4 Å². The van der Waals surface area contributed by atoms with Crippen LogP contribution in [0.5, 0.6) is 5.75 Å². The van der Waals surface area contributed by atoms with Crippen LogP contribution in [0.1, 0.15) is 25.7 Å². The molecule has 1 aromatic heterocycles. The molecule has 2 saturated carbocycles. The van der Waals surface area contributed by atoms with Crippen LogP contribution in [0.25, 0.3) is 11.1 Å². The maximum absolute atomic E-state index is 12.4. The Morgan fingerprint density at radius 3 is 1.76 bits per heavy atom. The largest absolute Gasteiger partial charge is 0.573 e. The average molecular weight is 438 g/mol. The number of nitrogens with one attached hydrogen (secondary N) is 2. The van der Waals surface area contributed by atoms with E-state index in [1.54, 1.807) is 12.1 Å². The molecule has 0 aliphatic heterocycles. The van der Waals surface area contributed by atoms with Crippen molar-refractivity contribution >= 4 is 46.0 Å². The molecule has 1 heterocycles. The summed E-state index contributed by atoms with van der Waals surface area (Å²) in [6.07, 6.45) is -0.429. The molecule has 4 rings (SSSR count). The van der Waals surface area contributed by atoms with E-state index in [9.17, 15) is 13.2 Å². The minimum atomic E-state index is -4.72. The molecular weight excluding hydrogens is 419 g/mol. The van der Waals surface area contributed by atoms with Crippen LogP contribution in [-0.4, -0.2) is 21.3 Å². The van der Waals surface area contributed by atoms with Crippen LogP contribution in [0.15, 0.2) is 36.4 Å². The summed E-state index contributed by atoms with van der Waals surface area (Å²) < 4.78 is 41.1. The molecular formula is C20H18F3N3OS2. The first-order chi connectivity index (χ1) is 13.8. The van der Waals surface area contributed by atoms with Crippen molar-refractivity contribution in [1.29, 1.82) is 0 Å². The molecule has 2 aromatic rings. The van der Waals surface area contributed by atoms with Crippen LogP contribution in [0.4, 0.5) is 24.8 Å². The number of halogens is 3. The van der Waals surface area contributed by atoms with Crippen molar-refractivity contribution in [3.05, 3.63) is 36.4 Å². The second-order valence-corrected chi connectivity index (χ2v) is 8.11. The molecule has 9 heteroatoms. The first kappa shape index (κ1) is 20.0. The Morgan fingerprint density at radius 1 is 0.862 bits per heavy atom. The summed E-state index contributed by atoms with van der Waals surface area (Å²) in [6.45, 7) is 0. The molecule has 0 atom stereocenters. The Hall–Kier alpha value is -2.26. The maximum atomic E-state index is 12.4. The summed E-state index contributed by atoms with van der Waals surface area (Å²) in [5, 5.41) is 6.36. The highest BCUT2D eigenvalue weighted by Gasteiger charge is 2.31. The van der Waals surface area contributed by atoms with Crippen LogP contribution < -0.4 is 15.4 Å². The van der Waals surface area contributed by atoms with Crippen LogP contribution in [-0.2, 0) is 0 Å². The van der Waals surface area contributed by atoms with Gasteiger partial charge in [-0.05, 0) is 61.1 Å². The number of benzene rings is 1. The molecule has 2 fully saturated rings. The number of pyridine rings is 1. The van der Waals surface area contributed by atoms with Crippen molar-refractivity contribution in [3.8, 4) is 16.9 Å². The molecule has 0 radical (unpaired) electrons. The van der Waals surface area contributed by atoms with Crippen molar-refractivity contribution in [1.82, 2.24) is 4.98 Å². The second kappa shape index (κ2) is 7.87. The quantitative estimate of drug-likeness (QED) is 0.545. The second-order valence-electron chi connectivity index (χ2n) is 7.23. The number of hydrogen-bond donors (Lipinski definition) is 2. The molecule has 0 amide bonds. The van der Waals surface area contributed by atoms with E-state index in [-0.39, 0.29) is 5.75 Å². The van der Waals surface area contributed by atoms with Gasteiger partial charge in [0.25, 0.3) is 0 Å². The Bertz CT molecular complexity index is 895. The molecule has 0 unspecified atom stereocenters. The molecule has 0 saturated heterocycles. The number of rotatable bonds is 6. The molecule has 1 aromatic carbocycles. The average Bonchev–Trinajstić information content (AvgIpc) is 3.54. The Morgan fingerprint density at radius 2 is 1.34 bits per heavy atom. The molecule has 4 nitrogen and oxygen atoms in total. The van der Waals surface area contributed by atoms with Crippen molar-refractivity contribution in [2.45, 2.75) is 32.0 Å². The van der Waals surface area contributed by atoms with Crippen molar-refractivity contribution in [3.63, 3.8) is 0 Å². The number of anilines is 2. The summed E-state index contributed by atoms with van der Waals surface area (Å²) in [6, 6.07) is 9.35. The molecule has 2 aliphatic carbocycles. The molecule has 2 N–H and O–H groups in total. The fourth-order valence-corrected chi connectivity index (χ4v) is 3.50. The highest BCUT2D eigenvalue weighted by atomic mass is 32.1. The molecule has 2 aliphatic rings. The zero-order valence-corrected chi connectivity index (χ0v) is 16.9. The predicted octanol–water partition coefficient (Wildman–Crippen LogP) is 5.95. The lowest BCUT2D eigenvalue weighted by molar-refractivity contribution is -0.274. The number of ether oxygens (including phenoxy) is 1. The predicted molar refractivity (Wildman–Crippen MR) is 114 cm³/mol. The third kappa shape index (κ3) is 5.63. The normalized spacial score (nSPS) is 16.2. The van der Waals surface area contributed by atoms with Gasteiger partial charge in [-0.3, -0.25) is 0 Å². The van der Waals surface area contributed by atoms with E-state index < -0.39 is 6.36 Å². The zero-order valence-electron chi connectivity index (χ0n) is 15.3. The van der Waals surface area contributed by atoms with Gasteiger partial charge in [-0.1, -0.05) is 36.6 Å². The maximum Gasteiger partial charge on any atom is 0.573 e. The number of alkyl halides is 3. The number of aromatic nitrogens is 1. The van der Waals surface area contributed by atoms with Gasteiger partial charge >= 0.3 is 6.36 Å². The summed E-state index contributed by atoms with van der Waals surface area (Å²) >= 11 is 10.8. The van der Waals surface area contributed by atoms with E-state index in [0.717, 1.165) is 46.8 Å². The lowest BCUT2D eigenvalue weighted by Crippen LogP contribution is -2.17. The van der Waals surface area contributed by atoms with Crippen molar-refractivity contribution < 1.29 is 17.9 Å². The monoisotopic (exact) mass is 437 g/mol. The number of hydrogen-bond acceptors (Lipinski definition) is 4. The summed E-state index contributed by atoms with van der Waals surface area (Å²) in [5.41, 5.74) is 1.50. The summed E-state index contributed by atoms with van der Waals surface area (Å²) in [7, 11) is 0. The van der Waals surface area contributed by atoms with Gasteiger partial charge in [0.15, 0.2) is 0 Å². The smallest absolute Gasteiger partial charge is 0.406 e. The van der Waals surface area contributed by atoms with Crippen molar-refractivity contribution in [2.75, 3.05) is 10.6 Å². The Balaban J connectivity index is 1.59. The van der Waals surface area contributed by atoms with Gasteiger partial charge in [-0.25, -0.2) is 4.98 Å². The lowest BCUT2D eigenvalue weighted by atomic mass is 10.1. The lowest BCUT2D eigenvalue weighted by Gasteiger charge is -2.14. The summed E-state index contributed by atoms with van der Waals surface area (Å²) in [4.78, 5) is 6.05. The van der Waals surface area contributed by atoms with E-state index in [0.29, 0.717) is 23.5 Å². The van der Waals surface area contributed by atoms with E-state index >= 15 is 0 Å². The van der Waals surface area contributed by atoms with E-state index in [1.807, 2.05) is 12.1 Å². The molecule has 0 spiro atoms. The third-order valence-corrected chi connectivity index (χ3v) is 5.52. The van der Waals surface area contributed by atoms with Gasteiger partial charge in [0.05, 0.1) is 9.98 Å². The number of thiocarbonyl (C=S) groups is 2. The fourth-order valence-electron chi connectivity index (χ4n) is 2.82. The van der Waals surface area contributed by atoms with Gasteiger partial charge in [-0.15, -0.1) is 13.2 Å². The molecule has 29 heavy (non-hydrogen) atoms. The van der Waals surface area contributed by atoms with Gasteiger partial charge < -0.3 is 15.4 Å². The van der Waals surface area contributed by atoms with E-state index in [2.05, 4.69) is 20.4 Å². The summed E-state index contributed by atoms with van der Waals surface area (Å²) in [5.74, 6) is 1.67. The highest BCUT2D eigenvalue weighted by Crippen LogP contribution is 2.34. The number of nitrogens with zero attached hydrogens (tertiary/aromatic N) is 1. The zero-order chi connectivity index (χ0) is 20.6. The van der Waals surface area contributed by atoms with Crippen LogP contribution >= 0.6 is 24.4 Å². The van der Waals surface area contributed by atoms with Crippen LogP contribution in [0.3, 0.4) is 0 Å². The third-order valence-electron chi connectivity index (χ3n) is 4.65. The van der Waals surface area contributed by atoms with E-state index in [1.165, 1.54) is 12.1 Å². The first-order valence-corrected chi connectivity index (χ1v) is 10.1. The minimum absolute atomic E-state index is 0.267. The SMILES string of the molecule is FC(F)(F)Oc1ccc(-c2cc(NC(=S)C3CC3)nc(NC(=S)C3CC3)c2)cc1. The van der Waals surface area contributed by atoms with Gasteiger partial charge in [-0.2, -0.15) is 0 Å². The highest BCUT2D eigenvalue weighted by molar-refractivity contribution is 7.80. The van der Waals surface area contributed by atoms with Crippen LogP contribution in [0, 0.1) is 11.8 Å². The topological polar surface area (TPSA) is 46.2 Å². The minimum Gasteiger partial charge on any atom is -0.406 e. The molecule has 0 bridgehead atoms. The Kier molecular flexibility index (Phi) is 5.44. The van der Waals surface area contributed by atoms with Crippen molar-refractivity contribution in [2.24, 2.45) is 11.8 Å². The Labute approximate surface area is 176 Å². The van der Waals surface area contributed by atoms with Crippen LogP contribution in [0.2, 0.25) is 0 Å². The van der Waals surface area contributed by atoms with Gasteiger partial charge in [0.2, 0.25) is 0 Å². The van der Waals surface area contributed by atoms with Gasteiger partial charge in [0.1, 0.15) is 17.4 Å². The fraction of sp³-hybridized carbons (Fsp3) is 0.350. The molecule has 152 valence electrons. The van der Waals surface area contributed by atoms with Gasteiger partial charge in [0, 0.05) is 11.8 Å². The first-order valence-electron chi connectivity index (χ1n) is 9.27. The standard InChI is InChI=1S/C20H18F3N3OS2/c21-20(22,23)27-15-7-5-11(6-8-15)14-9-16(25-18(28)12-1-2-12)24-17(10-14)26-19(29)13-3-4-13/h5-10,12-13H,1-4H2,(H2,24,25,26,28,29).